The van der Waals surface area contributed by atoms with Crippen molar-refractivity contribution in [1.29, 1.82) is 0 Å². The molecular formula is C11H12O2S. The van der Waals surface area contributed by atoms with Gasteiger partial charge in [0.1, 0.15) is 0 Å². The highest BCUT2D eigenvalue weighted by Gasteiger charge is 2.10. The second-order valence-electron chi connectivity index (χ2n) is 3.46. The molecule has 1 aromatic carbocycles. The Hall–Kier alpha value is -0.960. The van der Waals surface area contributed by atoms with Crippen LogP contribution in [0.4, 0.5) is 0 Å². The summed E-state index contributed by atoms with van der Waals surface area (Å²) in [5, 5.41) is 8.66. The number of hydrogen-bond donors (Lipinski definition) is 1. The van der Waals surface area contributed by atoms with E-state index in [0.29, 0.717) is 0 Å². The minimum atomic E-state index is -0.759. The van der Waals surface area contributed by atoms with Crippen LogP contribution >= 0.6 is 11.8 Å². The molecule has 1 N–H and O–H groups in total. The largest absolute Gasteiger partial charge is 0.481 e. The zero-order valence-electron chi connectivity index (χ0n) is 7.82. The van der Waals surface area contributed by atoms with Gasteiger partial charge in [-0.1, -0.05) is 12.1 Å². The SMILES string of the molecule is O=C(O)Cc1ccc2c(c1)SCCC2. The third-order valence-electron chi connectivity index (χ3n) is 2.33. The molecule has 74 valence electrons. The number of benzene rings is 1. The first-order valence-electron chi connectivity index (χ1n) is 4.72. The molecule has 0 aromatic heterocycles. The van der Waals surface area contributed by atoms with Crippen LogP contribution in [0.1, 0.15) is 17.5 Å². The van der Waals surface area contributed by atoms with Crippen molar-refractivity contribution in [3.05, 3.63) is 29.3 Å². The maximum absolute atomic E-state index is 10.5. The maximum atomic E-state index is 10.5. The second-order valence-corrected chi connectivity index (χ2v) is 4.60. The number of rotatable bonds is 2. The Kier molecular flexibility index (Phi) is 2.77. The first-order valence-corrected chi connectivity index (χ1v) is 5.70. The summed E-state index contributed by atoms with van der Waals surface area (Å²) in [7, 11) is 0. The number of fused-ring (bicyclic) bond motifs is 1. The second kappa shape index (κ2) is 4.05. The Bertz CT molecular complexity index is 360. The Morgan fingerprint density at radius 2 is 2.36 bits per heavy atom. The monoisotopic (exact) mass is 208 g/mol. The molecule has 1 aliphatic heterocycles. The van der Waals surface area contributed by atoms with E-state index in [0.717, 1.165) is 17.7 Å². The zero-order chi connectivity index (χ0) is 9.97. The summed E-state index contributed by atoms with van der Waals surface area (Å²) in [5.41, 5.74) is 2.28. The molecule has 0 atom stereocenters. The molecule has 1 heterocycles. The fraction of sp³-hybridized carbons (Fsp3) is 0.364. The minimum Gasteiger partial charge on any atom is -0.481 e. The molecule has 0 aliphatic carbocycles. The highest BCUT2D eigenvalue weighted by Crippen LogP contribution is 2.30. The Morgan fingerprint density at radius 3 is 3.14 bits per heavy atom. The molecular weight excluding hydrogens is 196 g/mol. The third kappa shape index (κ3) is 2.10. The van der Waals surface area contributed by atoms with Crippen LogP contribution in [0.3, 0.4) is 0 Å². The lowest BCUT2D eigenvalue weighted by atomic mass is 10.1. The van der Waals surface area contributed by atoms with Crippen LogP contribution in [0.5, 0.6) is 0 Å². The van der Waals surface area contributed by atoms with Crippen LogP contribution in [0, 0.1) is 0 Å². The van der Waals surface area contributed by atoms with E-state index in [2.05, 4.69) is 6.07 Å². The number of aryl methyl sites for hydroxylation is 1. The number of hydrogen-bond acceptors (Lipinski definition) is 2. The predicted molar refractivity (Wildman–Crippen MR) is 56.8 cm³/mol. The molecule has 14 heavy (non-hydrogen) atoms. The van der Waals surface area contributed by atoms with Crippen LogP contribution in [-0.2, 0) is 17.6 Å². The number of aliphatic carboxylic acids is 1. The van der Waals surface area contributed by atoms with Crippen molar-refractivity contribution in [2.75, 3.05) is 5.75 Å². The average molecular weight is 208 g/mol. The molecule has 0 unspecified atom stereocenters. The van der Waals surface area contributed by atoms with Crippen LogP contribution < -0.4 is 0 Å². The van der Waals surface area contributed by atoms with Gasteiger partial charge in [0.25, 0.3) is 0 Å². The van der Waals surface area contributed by atoms with Crippen LogP contribution in [0.25, 0.3) is 0 Å². The molecule has 1 aromatic rings. The van der Waals surface area contributed by atoms with Crippen molar-refractivity contribution in [1.82, 2.24) is 0 Å². The van der Waals surface area contributed by atoms with Crippen molar-refractivity contribution in [3.63, 3.8) is 0 Å². The summed E-state index contributed by atoms with van der Waals surface area (Å²) >= 11 is 1.84. The highest BCUT2D eigenvalue weighted by atomic mass is 32.2. The average Bonchev–Trinajstić information content (AvgIpc) is 2.17. The smallest absolute Gasteiger partial charge is 0.307 e. The summed E-state index contributed by atoms with van der Waals surface area (Å²) in [6.45, 7) is 0. The van der Waals surface area contributed by atoms with Gasteiger partial charge in [-0.05, 0) is 35.8 Å². The zero-order valence-corrected chi connectivity index (χ0v) is 8.64. The van der Waals surface area contributed by atoms with Crippen molar-refractivity contribution in [2.45, 2.75) is 24.2 Å². The van der Waals surface area contributed by atoms with E-state index >= 15 is 0 Å². The van der Waals surface area contributed by atoms with Crippen LogP contribution in [-0.4, -0.2) is 16.8 Å². The van der Waals surface area contributed by atoms with E-state index in [-0.39, 0.29) is 6.42 Å². The fourth-order valence-electron chi connectivity index (χ4n) is 1.67. The molecule has 0 saturated heterocycles. The number of carboxylic acids is 1. The number of thioether (sulfide) groups is 1. The first-order chi connectivity index (χ1) is 6.75. The molecule has 1 aliphatic rings. The summed E-state index contributed by atoms with van der Waals surface area (Å²) in [6.07, 6.45) is 2.50. The van der Waals surface area contributed by atoms with Crippen LogP contribution in [0.15, 0.2) is 23.1 Å². The highest BCUT2D eigenvalue weighted by molar-refractivity contribution is 7.99. The topological polar surface area (TPSA) is 37.3 Å². The fourth-order valence-corrected chi connectivity index (χ4v) is 2.77. The van der Waals surface area contributed by atoms with Gasteiger partial charge in [-0.25, -0.2) is 0 Å². The van der Waals surface area contributed by atoms with Gasteiger partial charge in [0.05, 0.1) is 6.42 Å². The summed E-state index contributed by atoms with van der Waals surface area (Å²) in [5.74, 6) is 0.398. The molecule has 0 amide bonds. The van der Waals surface area contributed by atoms with E-state index in [1.165, 1.54) is 16.9 Å². The van der Waals surface area contributed by atoms with E-state index in [1.807, 2.05) is 23.9 Å². The van der Waals surface area contributed by atoms with E-state index < -0.39 is 5.97 Å². The quantitative estimate of drug-likeness (QED) is 0.810. The van der Waals surface area contributed by atoms with Gasteiger partial charge < -0.3 is 5.11 Å². The van der Waals surface area contributed by atoms with Gasteiger partial charge in [-0.3, -0.25) is 4.79 Å². The van der Waals surface area contributed by atoms with Crippen molar-refractivity contribution < 1.29 is 9.90 Å². The number of carbonyl (C=O) groups is 1. The van der Waals surface area contributed by atoms with Crippen molar-refractivity contribution in [2.24, 2.45) is 0 Å². The van der Waals surface area contributed by atoms with Crippen molar-refractivity contribution >= 4 is 17.7 Å². The molecule has 0 spiro atoms. The van der Waals surface area contributed by atoms with Gasteiger partial charge in [0, 0.05) is 4.90 Å². The van der Waals surface area contributed by atoms with E-state index in [4.69, 9.17) is 5.11 Å². The van der Waals surface area contributed by atoms with E-state index in [1.54, 1.807) is 0 Å². The normalized spacial score (nSPS) is 14.9. The maximum Gasteiger partial charge on any atom is 0.307 e. The molecule has 2 nitrogen and oxygen atoms in total. The van der Waals surface area contributed by atoms with Gasteiger partial charge >= 0.3 is 5.97 Å². The van der Waals surface area contributed by atoms with Crippen LogP contribution in [0.2, 0.25) is 0 Å². The lowest BCUT2D eigenvalue weighted by Crippen LogP contribution is -2.03. The Balaban J connectivity index is 2.24. The molecule has 0 fully saturated rings. The lowest BCUT2D eigenvalue weighted by Gasteiger charge is -2.15. The molecule has 0 saturated carbocycles. The minimum absolute atomic E-state index is 0.133. The summed E-state index contributed by atoms with van der Waals surface area (Å²) < 4.78 is 0. The predicted octanol–water partition coefficient (Wildman–Crippen LogP) is 2.35. The van der Waals surface area contributed by atoms with E-state index in [9.17, 15) is 4.79 Å². The Labute approximate surface area is 87.3 Å². The third-order valence-corrected chi connectivity index (χ3v) is 3.52. The van der Waals surface area contributed by atoms with Gasteiger partial charge in [-0.2, -0.15) is 0 Å². The molecule has 3 heteroatoms. The lowest BCUT2D eigenvalue weighted by molar-refractivity contribution is -0.136. The molecule has 2 rings (SSSR count). The standard InChI is InChI=1S/C11H12O2S/c12-11(13)7-8-3-4-9-2-1-5-14-10(9)6-8/h3-4,6H,1-2,5,7H2,(H,12,13). The molecule has 0 radical (unpaired) electrons. The summed E-state index contributed by atoms with van der Waals surface area (Å²) in [6, 6.07) is 6.02. The van der Waals surface area contributed by atoms with Gasteiger partial charge in [0.2, 0.25) is 0 Å². The Morgan fingerprint density at radius 1 is 1.50 bits per heavy atom. The molecule has 0 bridgehead atoms. The van der Waals surface area contributed by atoms with Gasteiger partial charge in [-0.15, -0.1) is 11.8 Å². The first kappa shape index (κ1) is 9.59. The van der Waals surface area contributed by atoms with Gasteiger partial charge in [0.15, 0.2) is 0 Å². The summed E-state index contributed by atoms with van der Waals surface area (Å²) in [4.78, 5) is 11.8. The number of carboxylic acid groups (broad SMARTS) is 1. The van der Waals surface area contributed by atoms with Crippen molar-refractivity contribution in [3.8, 4) is 0 Å².